The highest BCUT2D eigenvalue weighted by Crippen LogP contribution is 2.07. The van der Waals surface area contributed by atoms with Crippen LogP contribution in [0.2, 0.25) is 0 Å². The maximum Gasteiger partial charge on any atom is 0.326 e. The van der Waals surface area contributed by atoms with Crippen molar-refractivity contribution in [2.75, 3.05) is 6.54 Å². The summed E-state index contributed by atoms with van der Waals surface area (Å²) in [5.41, 5.74) is 5.77. The SMILES string of the molecule is Cc1nc(CCNC(=O)N[C@H](CC(N)=O)C(=O)O)cs1. The predicted octanol–water partition coefficient (Wildman–Crippen LogP) is -0.378. The van der Waals surface area contributed by atoms with Crippen LogP contribution in [0.25, 0.3) is 0 Å². The maximum absolute atomic E-state index is 11.5. The standard InChI is InChI=1S/C11H16N4O4S/c1-6-14-7(5-20-6)2-3-13-11(19)15-8(10(17)18)4-9(12)16/h5,8H,2-4H2,1H3,(H2,12,16)(H,17,18)(H2,13,15,19)/t8-/m1/s1. The molecule has 0 aliphatic heterocycles. The van der Waals surface area contributed by atoms with Crippen LogP contribution in [-0.2, 0) is 16.0 Å². The lowest BCUT2D eigenvalue weighted by molar-refractivity contribution is -0.140. The molecule has 0 aromatic carbocycles. The number of rotatable bonds is 7. The minimum atomic E-state index is -1.32. The summed E-state index contributed by atoms with van der Waals surface area (Å²) in [6.07, 6.45) is 0.0966. The van der Waals surface area contributed by atoms with Gasteiger partial charge in [0, 0.05) is 18.3 Å². The Morgan fingerprint density at radius 3 is 2.70 bits per heavy atom. The fourth-order valence-corrected chi connectivity index (χ4v) is 2.08. The lowest BCUT2D eigenvalue weighted by Crippen LogP contribution is -2.48. The zero-order chi connectivity index (χ0) is 15.1. The number of urea groups is 1. The highest BCUT2D eigenvalue weighted by Gasteiger charge is 2.21. The van der Waals surface area contributed by atoms with Gasteiger partial charge in [0.1, 0.15) is 6.04 Å². The Balaban J connectivity index is 2.34. The Hall–Kier alpha value is -2.16. The van der Waals surface area contributed by atoms with Crippen molar-refractivity contribution in [2.45, 2.75) is 25.8 Å². The molecule has 0 aliphatic rings. The average molecular weight is 300 g/mol. The molecule has 20 heavy (non-hydrogen) atoms. The molecule has 8 nitrogen and oxygen atoms in total. The zero-order valence-corrected chi connectivity index (χ0v) is 11.7. The molecule has 0 spiro atoms. The van der Waals surface area contributed by atoms with Crippen molar-refractivity contribution in [3.05, 3.63) is 16.1 Å². The first-order chi connectivity index (χ1) is 9.38. The number of nitrogens with two attached hydrogens (primary N) is 1. The molecule has 0 fully saturated rings. The van der Waals surface area contributed by atoms with Crippen LogP contribution in [0.1, 0.15) is 17.1 Å². The number of carbonyl (C=O) groups excluding carboxylic acids is 2. The number of amides is 3. The van der Waals surface area contributed by atoms with Gasteiger partial charge in [-0.2, -0.15) is 0 Å². The molecule has 0 unspecified atom stereocenters. The Bertz CT molecular complexity index is 502. The van der Waals surface area contributed by atoms with E-state index in [2.05, 4.69) is 15.6 Å². The van der Waals surface area contributed by atoms with Gasteiger partial charge in [0.25, 0.3) is 0 Å². The number of aromatic nitrogens is 1. The molecule has 5 N–H and O–H groups in total. The van der Waals surface area contributed by atoms with Gasteiger partial charge >= 0.3 is 12.0 Å². The van der Waals surface area contributed by atoms with Crippen LogP contribution in [0.15, 0.2) is 5.38 Å². The van der Waals surface area contributed by atoms with Gasteiger partial charge in [-0.3, -0.25) is 4.79 Å². The number of thiazole rings is 1. The lowest BCUT2D eigenvalue weighted by Gasteiger charge is -2.13. The van der Waals surface area contributed by atoms with Gasteiger partial charge in [-0.15, -0.1) is 11.3 Å². The number of aliphatic carboxylic acids is 1. The molecule has 3 amide bonds. The number of hydrogen-bond donors (Lipinski definition) is 4. The summed E-state index contributed by atoms with van der Waals surface area (Å²) < 4.78 is 0. The van der Waals surface area contributed by atoms with Gasteiger partial charge in [-0.05, 0) is 6.92 Å². The third-order valence-corrected chi connectivity index (χ3v) is 3.16. The average Bonchev–Trinajstić information content (AvgIpc) is 2.73. The second-order valence-electron chi connectivity index (χ2n) is 4.07. The Labute approximate surface area is 119 Å². The number of hydrogen-bond acceptors (Lipinski definition) is 5. The van der Waals surface area contributed by atoms with E-state index in [0.717, 1.165) is 10.7 Å². The van der Waals surface area contributed by atoms with Crippen molar-refractivity contribution in [3.63, 3.8) is 0 Å². The lowest BCUT2D eigenvalue weighted by atomic mass is 10.2. The predicted molar refractivity (Wildman–Crippen MR) is 72.3 cm³/mol. The van der Waals surface area contributed by atoms with E-state index >= 15 is 0 Å². The molecule has 110 valence electrons. The smallest absolute Gasteiger partial charge is 0.326 e. The Morgan fingerprint density at radius 1 is 1.50 bits per heavy atom. The fraction of sp³-hybridized carbons (Fsp3) is 0.455. The van der Waals surface area contributed by atoms with Gasteiger partial charge < -0.3 is 21.5 Å². The molecule has 1 heterocycles. The minimum Gasteiger partial charge on any atom is -0.480 e. The second kappa shape index (κ2) is 7.43. The number of carbonyl (C=O) groups is 3. The molecule has 1 rings (SSSR count). The van der Waals surface area contributed by atoms with E-state index in [1.54, 1.807) is 0 Å². The van der Waals surface area contributed by atoms with E-state index in [0.29, 0.717) is 13.0 Å². The van der Waals surface area contributed by atoms with E-state index in [1.165, 1.54) is 11.3 Å². The van der Waals surface area contributed by atoms with Gasteiger partial charge in [-0.25, -0.2) is 14.6 Å². The summed E-state index contributed by atoms with van der Waals surface area (Å²) in [6.45, 7) is 2.20. The van der Waals surface area contributed by atoms with Gasteiger partial charge in [0.2, 0.25) is 5.91 Å². The highest BCUT2D eigenvalue weighted by molar-refractivity contribution is 7.09. The quantitative estimate of drug-likeness (QED) is 0.544. The van der Waals surface area contributed by atoms with Crippen molar-refractivity contribution in [1.82, 2.24) is 15.6 Å². The number of carboxylic acids is 1. The molecule has 0 radical (unpaired) electrons. The van der Waals surface area contributed by atoms with E-state index in [4.69, 9.17) is 10.8 Å². The summed E-state index contributed by atoms with van der Waals surface area (Å²) in [5, 5.41) is 16.3. The van der Waals surface area contributed by atoms with Gasteiger partial charge in [0.15, 0.2) is 0 Å². The van der Waals surface area contributed by atoms with E-state index in [9.17, 15) is 14.4 Å². The number of carboxylic acid groups (broad SMARTS) is 1. The van der Waals surface area contributed by atoms with Crippen LogP contribution >= 0.6 is 11.3 Å². The molecule has 1 atom stereocenters. The summed E-state index contributed by atoms with van der Waals surface area (Å²) in [7, 11) is 0. The Morgan fingerprint density at radius 2 is 2.20 bits per heavy atom. The minimum absolute atomic E-state index is 0.317. The molecule has 0 saturated heterocycles. The van der Waals surface area contributed by atoms with Gasteiger partial charge in [0.05, 0.1) is 17.1 Å². The van der Waals surface area contributed by atoms with Crippen molar-refractivity contribution in [3.8, 4) is 0 Å². The van der Waals surface area contributed by atoms with Crippen molar-refractivity contribution in [1.29, 1.82) is 0 Å². The number of nitrogens with zero attached hydrogens (tertiary/aromatic N) is 1. The summed E-state index contributed by atoms with van der Waals surface area (Å²) in [4.78, 5) is 37.2. The zero-order valence-electron chi connectivity index (χ0n) is 10.9. The maximum atomic E-state index is 11.5. The molecular formula is C11H16N4O4S. The van der Waals surface area contributed by atoms with Crippen LogP contribution in [0.3, 0.4) is 0 Å². The summed E-state index contributed by atoms with van der Waals surface area (Å²) in [6, 6.07) is -1.99. The van der Waals surface area contributed by atoms with Crippen LogP contribution in [0, 0.1) is 6.92 Å². The molecule has 9 heteroatoms. The fourth-order valence-electron chi connectivity index (χ4n) is 1.44. The second-order valence-corrected chi connectivity index (χ2v) is 5.13. The molecule has 0 bridgehead atoms. The molecule has 0 saturated carbocycles. The van der Waals surface area contributed by atoms with Crippen LogP contribution in [0.5, 0.6) is 0 Å². The first-order valence-corrected chi connectivity index (χ1v) is 6.73. The van der Waals surface area contributed by atoms with E-state index in [1.807, 2.05) is 12.3 Å². The van der Waals surface area contributed by atoms with Crippen LogP contribution in [-0.4, -0.2) is 40.6 Å². The molecular weight excluding hydrogens is 284 g/mol. The molecule has 1 aromatic rings. The number of aryl methyl sites for hydroxylation is 1. The monoisotopic (exact) mass is 300 g/mol. The Kier molecular flexibility index (Phi) is 5.91. The third-order valence-electron chi connectivity index (χ3n) is 2.34. The third kappa shape index (κ3) is 5.65. The first-order valence-electron chi connectivity index (χ1n) is 5.85. The normalized spacial score (nSPS) is 11.7. The van der Waals surface area contributed by atoms with E-state index < -0.39 is 30.4 Å². The van der Waals surface area contributed by atoms with E-state index in [-0.39, 0.29) is 0 Å². The molecule has 1 aromatic heterocycles. The van der Waals surface area contributed by atoms with Crippen LogP contribution in [0.4, 0.5) is 4.79 Å². The van der Waals surface area contributed by atoms with Crippen molar-refractivity contribution < 1.29 is 19.5 Å². The summed E-state index contributed by atoms with van der Waals surface area (Å²) in [5.74, 6) is -2.11. The topological polar surface area (TPSA) is 134 Å². The highest BCUT2D eigenvalue weighted by atomic mass is 32.1. The van der Waals surface area contributed by atoms with Crippen LogP contribution < -0.4 is 16.4 Å². The van der Waals surface area contributed by atoms with Crippen molar-refractivity contribution >= 4 is 29.2 Å². The first kappa shape index (κ1) is 15.9. The largest absolute Gasteiger partial charge is 0.480 e. The summed E-state index contributed by atoms with van der Waals surface area (Å²) >= 11 is 1.52. The van der Waals surface area contributed by atoms with Crippen molar-refractivity contribution in [2.24, 2.45) is 5.73 Å². The van der Waals surface area contributed by atoms with Gasteiger partial charge in [-0.1, -0.05) is 0 Å². The number of primary amides is 1. The number of nitrogens with one attached hydrogen (secondary N) is 2. The molecule has 0 aliphatic carbocycles.